The highest BCUT2D eigenvalue weighted by Gasteiger charge is 2.32. The molecule has 1 fully saturated rings. The Kier molecular flexibility index (Phi) is 6.22. The number of hydrogen-bond acceptors (Lipinski definition) is 3. The molecule has 1 unspecified atom stereocenters. The minimum absolute atomic E-state index is 0.321. The predicted octanol–water partition coefficient (Wildman–Crippen LogP) is 6.65. The molecule has 0 bridgehead atoms. The van der Waals surface area contributed by atoms with Gasteiger partial charge in [0.05, 0.1) is 22.4 Å². The number of aromatic nitrogens is 2. The van der Waals surface area contributed by atoms with E-state index in [1.165, 1.54) is 36.1 Å². The van der Waals surface area contributed by atoms with E-state index in [9.17, 15) is 0 Å². The van der Waals surface area contributed by atoms with Crippen molar-refractivity contribution >= 4 is 29.0 Å². The zero-order valence-electron chi connectivity index (χ0n) is 17.7. The molecule has 3 aromatic rings. The fraction of sp³-hybridized carbons (Fsp3) is 0.400. The van der Waals surface area contributed by atoms with Gasteiger partial charge < -0.3 is 5.32 Å². The average molecular weight is 455 g/mol. The van der Waals surface area contributed by atoms with Crippen molar-refractivity contribution in [1.82, 2.24) is 14.7 Å². The third-order valence-electron chi connectivity index (χ3n) is 6.45. The second-order valence-corrected chi connectivity index (χ2v) is 9.42. The first kappa shape index (κ1) is 20.9. The molecule has 31 heavy (non-hydrogen) atoms. The highest BCUT2D eigenvalue weighted by molar-refractivity contribution is 6.34. The topological polar surface area (TPSA) is 33.1 Å². The first-order chi connectivity index (χ1) is 15.2. The standard InChI is InChI=1S/C25H28Cl2N4/c26-19-12-13-21(27)23(16-19)31-25-20(10-4-6-14-28-25)24(29-31)22-11-5-7-15-30(22)17-18-8-2-1-3-9-18/h1-3,8-9,12-13,16,22,28H,4-7,10-11,14-15,17H2. The number of nitrogens with one attached hydrogen (secondary N) is 1. The molecule has 0 spiro atoms. The van der Waals surface area contributed by atoms with Crippen LogP contribution >= 0.6 is 23.2 Å². The predicted molar refractivity (Wildman–Crippen MR) is 128 cm³/mol. The van der Waals surface area contributed by atoms with Crippen LogP contribution in [0.1, 0.15) is 55.0 Å². The molecular weight excluding hydrogens is 427 g/mol. The van der Waals surface area contributed by atoms with E-state index in [1.54, 1.807) is 0 Å². The summed E-state index contributed by atoms with van der Waals surface area (Å²) in [6, 6.07) is 16.7. The van der Waals surface area contributed by atoms with Crippen molar-refractivity contribution in [3.8, 4) is 5.69 Å². The summed E-state index contributed by atoms with van der Waals surface area (Å²) >= 11 is 12.9. The van der Waals surface area contributed by atoms with Crippen molar-refractivity contribution in [2.45, 2.75) is 51.1 Å². The van der Waals surface area contributed by atoms with Gasteiger partial charge in [0.15, 0.2) is 0 Å². The Morgan fingerprint density at radius 2 is 1.87 bits per heavy atom. The number of piperidine rings is 1. The van der Waals surface area contributed by atoms with Crippen LogP contribution < -0.4 is 5.32 Å². The zero-order chi connectivity index (χ0) is 21.2. The van der Waals surface area contributed by atoms with Crippen molar-refractivity contribution in [3.63, 3.8) is 0 Å². The van der Waals surface area contributed by atoms with Crippen LogP contribution in [-0.2, 0) is 13.0 Å². The van der Waals surface area contributed by atoms with E-state index in [4.69, 9.17) is 28.3 Å². The third kappa shape index (κ3) is 4.34. The molecule has 5 rings (SSSR count). The van der Waals surface area contributed by atoms with E-state index < -0.39 is 0 Å². The summed E-state index contributed by atoms with van der Waals surface area (Å²) in [5, 5.41) is 10.2. The summed E-state index contributed by atoms with van der Waals surface area (Å²) in [4.78, 5) is 2.61. The van der Waals surface area contributed by atoms with E-state index in [2.05, 4.69) is 40.5 Å². The van der Waals surface area contributed by atoms with Crippen molar-refractivity contribution in [1.29, 1.82) is 0 Å². The van der Waals surface area contributed by atoms with E-state index >= 15 is 0 Å². The zero-order valence-corrected chi connectivity index (χ0v) is 19.2. The van der Waals surface area contributed by atoms with Gasteiger partial charge in [-0.25, -0.2) is 4.68 Å². The summed E-state index contributed by atoms with van der Waals surface area (Å²) in [6.45, 7) is 3.01. The third-order valence-corrected chi connectivity index (χ3v) is 7.01. The molecule has 0 aliphatic carbocycles. The molecule has 1 atom stereocenters. The van der Waals surface area contributed by atoms with Crippen LogP contribution in [0.4, 0.5) is 5.82 Å². The summed E-state index contributed by atoms with van der Waals surface area (Å²) in [5.74, 6) is 1.09. The maximum atomic E-state index is 6.59. The molecule has 2 aliphatic rings. The summed E-state index contributed by atoms with van der Waals surface area (Å²) in [6.07, 6.45) is 7.00. The first-order valence-corrected chi connectivity index (χ1v) is 12.1. The van der Waals surface area contributed by atoms with E-state index in [1.807, 2.05) is 22.9 Å². The highest BCUT2D eigenvalue weighted by atomic mass is 35.5. The van der Waals surface area contributed by atoms with Crippen molar-refractivity contribution in [2.24, 2.45) is 0 Å². The number of anilines is 1. The molecule has 1 aromatic heterocycles. The van der Waals surface area contributed by atoms with Gasteiger partial charge in [0.1, 0.15) is 5.82 Å². The van der Waals surface area contributed by atoms with Crippen molar-refractivity contribution in [2.75, 3.05) is 18.4 Å². The maximum absolute atomic E-state index is 6.59. The molecular formula is C25H28Cl2N4. The number of rotatable bonds is 4. The Balaban J connectivity index is 1.57. The minimum Gasteiger partial charge on any atom is -0.370 e. The number of benzene rings is 2. The quantitative estimate of drug-likeness (QED) is 0.478. The monoisotopic (exact) mass is 454 g/mol. The number of nitrogens with zero attached hydrogens (tertiary/aromatic N) is 3. The molecule has 4 nitrogen and oxygen atoms in total. The lowest BCUT2D eigenvalue weighted by atomic mass is 9.94. The van der Waals surface area contributed by atoms with E-state index in [-0.39, 0.29) is 0 Å². The van der Waals surface area contributed by atoms with Crippen molar-refractivity contribution in [3.05, 3.63) is 75.4 Å². The molecule has 1 saturated heterocycles. The summed E-state index contributed by atoms with van der Waals surface area (Å²) in [5.41, 5.74) is 4.75. The Bertz CT molecular complexity index is 1050. The first-order valence-electron chi connectivity index (χ1n) is 11.3. The number of likely N-dealkylation sites (tertiary alicyclic amines) is 1. The van der Waals surface area contributed by atoms with Crippen LogP contribution in [0.15, 0.2) is 48.5 Å². The van der Waals surface area contributed by atoms with Crippen LogP contribution in [0.2, 0.25) is 10.0 Å². The van der Waals surface area contributed by atoms with Crippen LogP contribution in [0, 0.1) is 0 Å². The number of halogens is 2. The molecule has 3 heterocycles. The molecule has 0 saturated carbocycles. The van der Waals surface area contributed by atoms with Crippen LogP contribution in [-0.4, -0.2) is 27.8 Å². The summed E-state index contributed by atoms with van der Waals surface area (Å²) < 4.78 is 2.00. The SMILES string of the molecule is Clc1ccc(Cl)c(-n2nc(C3CCCCN3Cc3ccccc3)c3c2NCCCC3)c1. The highest BCUT2D eigenvalue weighted by Crippen LogP contribution is 2.39. The molecule has 1 N–H and O–H groups in total. The largest absolute Gasteiger partial charge is 0.370 e. The fourth-order valence-electron chi connectivity index (χ4n) is 4.93. The van der Waals surface area contributed by atoms with Crippen LogP contribution in [0.3, 0.4) is 0 Å². The second kappa shape index (κ2) is 9.23. The molecule has 0 amide bonds. The fourth-order valence-corrected chi connectivity index (χ4v) is 5.29. The average Bonchev–Trinajstić information content (AvgIpc) is 2.97. The normalized spacial score (nSPS) is 19.5. The molecule has 2 aromatic carbocycles. The number of hydrogen-bond donors (Lipinski definition) is 1. The van der Waals surface area contributed by atoms with Gasteiger partial charge in [-0.05, 0) is 62.4 Å². The Labute approximate surface area is 194 Å². The van der Waals surface area contributed by atoms with Gasteiger partial charge in [-0.3, -0.25) is 4.90 Å². The molecule has 2 aliphatic heterocycles. The van der Waals surface area contributed by atoms with Crippen LogP contribution in [0.5, 0.6) is 0 Å². The van der Waals surface area contributed by atoms with Gasteiger partial charge in [-0.15, -0.1) is 0 Å². The van der Waals surface area contributed by atoms with Gasteiger partial charge in [0.2, 0.25) is 0 Å². The number of fused-ring (bicyclic) bond motifs is 1. The van der Waals surface area contributed by atoms with E-state index in [0.29, 0.717) is 16.1 Å². The second-order valence-electron chi connectivity index (χ2n) is 8.57. The van der Waals surface area contributed by atoms with Gasteiger partial charge in [0, 0.05) is 23.7 Å². The van der Waals surface area contributed by atoms with Gasteiger partial charge in [0.25, 0.3) is 0 Å². The Morgan fingerprint density at radius 1 is 1.00 bits per heavy atom. The Morgan fingerprint density at radius 3 is 2.74 bits per heavy atom. The van der Waals surface area contributed by atoms with Gasteiger partial charge in [-0.1, -0.05) is 60.0 Å². The van der Waals surface area contributed by atoms with Gasteiger partial charge in [-0.2, -0.15) is 5.10 Å². The molecule has 0 radical (unpaired) electrons. The van der Waals surface area contributed by atoms with E-state index in [0.717, 1.165) is 50.4 Å². The smallest absolute Gasteiger partial charge is 0.133 e. The van der Waals surface area contributed by atoms with Crippen molar-refractivity contribution < 1.29 is 0 Å². The minimum atomic E-state index is 0.321. The lowest BCUT2D eigenvalue weighted by Gasteiger charge is -2.35. The van der Waals surface area contributed by atoms with Gasteiger partial charge >= 0.3 is 0 Å². The lowest BCUT2D eigenvalue weighted by molar-refractivity contribution is 0.136. The molecule has 162 valence electrons. The van der Waals surface area contributed by atoms with Crippen LogP contribution in [0.25, 0.3) is 5.69 Å². The summed E-state index contributed by atoms with van der Waals surface area (Å²) in [7, 11) is 0. The Hall–Kier alpha value is -2.01. The molecule has 6 heteroatoms. The lowest BCUT2D eigenvalue weighted by Crippen LogP contribution is -2.33. The maximum Gasteiger partial charge on any atom is 0.133 e.